The van der Waals surface area contributed by atoms with E-state index in [0.717, 1.165) is 5.69 Å². The molecule has 0 aromatic heterocycles. The predicted molar refractivity (Wildman–Crippen MR) is 44.8 cm³/mol. The summed E-state index contributed by atoms with van der Waals surface area (Å²) in [4.78, 5) is 0. The van der Waals surface area contributed by atoms with E-state index in [-0.39, 0.29) is 0 Å². The van der Waals surface area contributed by atoms with Gasteiger partial charge in [0, 0.05) is 12.2 Å². The molecule has 0 aliphatic carbocycles. The molecule has 0 atom stereocenters. The second-order valence-electron chi connectivity index (χ2n) is 2.30. The third-order valence-electron chi connectivity index (χ3n) is 1.36. The highest BCUT2D eigenvalue weighted by Crippen LogP contribution is 2.08. The van der Waals surface area contributed by atoms with Gasteiger partial charge in [0.2, 0.25) is 0 Å². The van der Waals surface area contributed by atoms with Gasteiger partial charge >= 0.3 is 0 Å². The van der Waals surface area contributed by atoms with Crippen molar-refractivity contribution in [2.24, 2.45) is 0 Å². The minimum Gasteiger partial charge on any atom is -0.381 e. The molecule has 1 heteroatoms. The van der Waals surface area contributed by atoms with Crippen molar-refractivity contribution in [1.29, 1.82) is 0 Å². The molecule has 0 saturated carbocycles. The highest BCUT2D eigenvalue weighted by Gasteiger charge is 1.86. The first-order chi connectivity index (χ1) is 4.83. The van der Waals surface area contributed by atoms with Crippen molar-refractivity contribution in [2.45, 2.75) is 13.8 Å². The van der Waals surface area contributed by atoms with Crippen LogP contribution in [0.15, 0.2) is 24.3 Å². The van der Waals surface area contributed by atoms with Crippen LogP contribution in [0.1, 0.15) is 12.5 Å². The summed E-state index contributed by atoms with van der Waals surface area (Å²) in [7, 11) is 0. The normalized spacial score (nSPS) is 9.40. The molecular formula is C9H12N. The van der Waals surface area contributed by atoms with Gasteiger partial charge in [0.05, 0.1) is 0 Å². The third kappa shape index (κ3) is 1.76. The van der Waals surface area contributed by atoms with E-state index >= 15 is 0 Å². The SMILES string of the molecule is C[CH]Nc1ccc(C)cc1. The molecule has 0 saturated heterocycles. The Bertz CT molecular complexity index is 188. The Morgan fingerprint density at radius 3 is 2.30 bits per heavy atom. The maximum absolute atomic E-state index is 3.11. The van der Waals surface area contributed by atoms with E-state index in [1.165, 1.54) is 5.56 Å². The fourth-order valence-corrected chi connectivity index (χ4v) is 0.816. The third-order valence-corrected chi connectivity index (χ3v) is 1.36. The van der Waals surface area contributed by atoms with Crippen LogP contribution in [0, 0.1) is 13.5 Å². The molecule has 0 spiro atoms. The first-order valence-electron chi connectivity index (χ1n) is 3.44. The van der Waals surface area contributed by atoms with Crippen molar-refractivity contribution < 1.29 is 0 Å². The minimum atomic E-state index is 1.15. The van der Waals surface area contributed by atoms with E-state index in [2.05, 4.69) is 36.5 Å². The standard InChI is InChI=1S/C9H12N/c1-3-10-9-6-4-8(2)5-7-9/h3-7,10H,1-2H3. The van der Waals surface area contributed by atoms with Gasteiger partial charge in [-0.05, 0) is 26.0 Å². The molecule has 0 fully saturated rings. The van der Waals surface area contributed by atoms with Crippen LogP contribution in [-0.4, -0.2) is 0 Å². The molecule has 1 nitrogen and oxygen atoms in total. The van der Waals surface area contributed by atoms with Crippen LogP contribution in [0.25, 0.3) is 0 Å². The van der Waals surface area contributed by atoms with Crippen molar-refractivity contribution in [3.63, 3.8) is 0 Å². The van der Waals surface area contributed by atoms with Crippen LogP contribution in [0.3, 0.4) is 0 Å². The number of anilines is 1. The average molecular weight is 134 g/mol. The molecule has 0 unspecified atom stereocenters. The van der Waals surface area contributed by atoms with Crippen molar-refractivity contribution in [3.8, 4) is 0 Å². The fraction of sp³-hybridized carbons (Fsp3) is 0.222. The molecule has 1 aromatic rings. The zero-order valence-corrected chi connectivity index (χ0v) is 6.39. The number of hydrogen-bond donors (Lipinski definition) is 1. The Kier molecular flexibility index (Phi) is 2.32. The lowest BCUT2D eigenvalue weighted by Gasteiger charge is -2.00. The van der Waals surface area contributed by atoms with E-state index in [4.69, 9.17) is 0 Å². The lowest BCUT2D eigenvalue weighted by molar-refractivity contribution is 1.37. The topological polar surface area (TPSA) is 12.0 Å². The van der Waals surface area contributed by atoms with E-state index in [1.807, 2.05) is 13.5 Å². The maximum atomic E-state index is 3.11. The van der Waals surface area contributed by atoms with Gasteiger partial charge in [-0.2, -0.15) is 0 Å². The highest BCUT2D eigenvalue weighted by atomic mass is 14.8. The molecule has 0 aliphatic rings. The smallest absolute Gasteiger partial charge is 0.0431 e. The van der Waals surface area contributed by atoms with Gasteiger partial charge in [-0.25, -0.2) is 0 Å². The summed E-state index contributed by atoms with van der Waals surface area (Å²) in [6.45, 7) is 5.98. The molecule has 0 aliphatic heterocycles. The van der Waals surface area contributed by atoms with Gasteiger partial charge in [0.15, 0.2) is 0 Å². The van der Waals surface area contributed by atoms with Crippen LogP contribution in [0.5, 0.6) is 0 Å². The molecule has 0 amide bonds. The Balaban J connectivity index is 2.69. The molecular weight excluding hydrogens is 122 g/mol. The van der Waals surface area contributed by atoms with Gasteiger partial charge in [0.25, 0.3) is 0 Å². The molecule has 1 aromatic carbocycles. The Morgan fingerprint density at radius 2 is 1.80 bits per heavy atom. The lowest BCUT2D eigenvalue weighted by atomic mass is 10.2. The number of hydrogen-bond acceptors (Lipinski definition) is 1. The summed E-state index contributed by atoms with van der Waals surface area (Å²) < 4.78 is 0. The van der Waals surface area contributed by atoms with Crippen molar-refractivity contribution in [3.05, 3.63) is 36.4 Å². The highest BCUT2D eigenvalue weighted by molar-refractivity contribution is 5.45. The maximum Gasteiger partial charge on any atom is 0.0431 e. The Morgan fingerprint density at radius 1 is 1.20 bits per heavy atom. The first-order valence-corrected chi connectivity index (χ1v) is 3.44. The Labute approximate surface area is 62.1 Å². The molecule has 1 radical (unpaired) electrons. The van der Waals surface area contributed by atoms with Gasteiger partial charge in [-0.3, -0.25) is 0 Å². The zero-order valence-electron chi connectivity index (χ0n) is 6.39. The van der Waals surface area contributed by atoms with Crippen molar-refractivity contribution >= 4 is 5.69 Å². The summed E-state index contributed by atoms with van der Waals surface area (Å²) in [6.07, 6.45) is 0. The number of nitrogens with one attached hydrogen (secondary N) is 1. The molecule has 53 valence electrons. The second kappa shape index (κ2) is 3.25. The van der Waals surface area contributed by atoms with E-state index in [9.17, 15) is 0 Å². The van der Waals surface area contributed by atoms with Crippen molar-refractivity contribution in [2.75, 3.05) is 5.32 Å². The molecule has 10 heavy (non-hydrogen) atoms. The van der Waals surface area contributed by atoms with Crippen LogP contribution in [-0.2, 0) is 0 Å². The van der Waals surface area contributed by atoms with Crippen LogP contribution < -0.4 is 5.32 Å². The van der Waals surface area contributed by atoms with Gasteiger partial charge in [0.1, 0.15) is 0 Å². The zero-order chi connectivity index (χ0) is 7.40. The Hall–Kier alpha value is -0.980. The van der Waals surface area contributed by atoms with E-state index < -0.39 is 0 Å². The fourth-order valence-electron chi connectivity index (χ4n) is 0.816. The minimum absolute atomic E-state index is 1.15. The van der Waals surface area contributed by atoms with Crippen LogP contribution >= 0.6 is 0 Å². The van der Waals surface area contributed by atoms with Gasteiger partial charge < -0.3 is 5.32 Å². The van der Waals surface area contributed by atoms with E-state index in [1.54, 1.807) is 0 Å². The number of benzene rings is 1. The predicted octanol–water partition coefficient (Wildman–Crippen LogP) is 2.59. The molecule has 0 bridgehead atoms. The second-order valence-corrected chi connectivity index (χ2v) is 2.30. The van der Waals surface area contributed by atoms with Crippen LogP contribution in [0.2, 0.25) is 0 Å². The summed E-state index contributed by atoms with van der Waals surface area (Å²) >= 11 is 0. The molecule has 0 heterocycles. The quantitative estimate of drug-likeness (QED) is 0.655. The summed E-state index contributed by atoms with van der Waals surface area (Å²) in [5.41, 5.74) is 2.44. The van der Waals surface area contributed by atoms with Gasteiger partial charge in [-0.1, -0.05) is 17.7 Å². The largest absolute Gasteiger partial charge is 0.381 e. The number of aryl methyl sites for hydroxylation is 1. The molecule has 1 N–H and O–H groups in total. The summed E-state index contributed by atoms with van der Waals surface area (Å²) in [5.74, 6) is 0. The van der Waals surface area contributed by atoms with Crippen LogP contribution in [0.4, 0.5) is 5.69 Å². The van der Waals surface area contributed by atoms with Gasteiger partial charge in [-0.15, -0.1) is 0 Å². The number of rotatable bonds is 2. The molecule has 1 rings (SSSR count). The monoisotopic (exact) mass is 134 g/mol. The summed E-state index contributed by atoms with van der Waals surface area (Å²) in [5, 5.41) is 3.11. The summed E-state index contributed by atoms with van der Waals surface area (Å²) in [6, 6.07) is 8.31. The lowest BCUT2D eigenvalue weighted by Crippen LogP contribution is -1.89. The average Bonchev–Trinajstić information content (AvgIpc) is 1.95. The van der Waals surface area contributed by atoms with E-state index in [0.29, 0.717) is 0 Å². The van der Waals surface area contributed by atoms with Crippen molar-refractivity contribution in [1.82, 2.24) is 0 Å². The first kappa shape index (κ1) is 7.13.